The average Bonchev–Trinajstić information content (AvgIpc) is 3.08. The molecule has 0 aliphatic heterocycles. The van der Waals surface area contributed by atoms with Gasteiger partial charge in [-0.2, -0.15) is 0 Å². The van der Waals surface area contributed by atoms with Crippen LogP contribution in [-0.2, 0) is 15.1 Å². The Balaban J connectivity index is 2.00. The molecule has 5 heteroatoms. The smallest absolute Gasteiger partial charge is 0.325 e. The summed E-state index contributed by atoms with van der Waals surface area (Å²) in [6.07, 6.45) is -1.32. The molecule has 0 saturated carbocycles. The lowest BCUT2D eigenvalue weighted by Gasteiger charge is -2.38. The number of hydrogen-bond acceptors (Lipinski definition) is 5. The fourth-order valence-corrected chi connectivity index (χ4v) is 4.25. The molecule has 3 aromatic carbocycles. The number of ether oxygens (including phenoxy) is 1. The maximum atomic E-state index is 12.5. The maximum Gasteiger partial charge on any atom is 0.325 e. The van der Waals surface area contributed by atoms with Gasteiger partial charge in [0.15, 0.2) is 0 Å². The van der Waals surface area contributed by atoms with Gasteiger partial charge < -0.3 is 14.9 Å². The summed E-state index contributed by atoms with van der Waals surface area (Å²) in [6, 6.07) is 24.7. The number of nitrogens with one attached hydrogen (secondary N) is 1. The van der Waals surface area contributed by atoms with E-state index in [1.54, 1.807) is 0 Å². The summed E-state index contributed by atoms with van der Waals surface area (Å²) >= 11 is 0. The van der Waals surface area contributed by atoms with Crippen LogP contribution in [0, 0.1) is 0 Å². The molecule has 0 unspecified atom stereocenters. The first-order valence-electron chi connectivity index (χ1n) is 9.53. The number of rotatable bonds is 6. The largest absolute Gasteiger partial charge is 0.468 e. The lowest BCUT2D eigenvalue weighted by Crippen LogP contribution is -2.57. The average molecular weight is 389 g/mol. The molecule has 0 aromatic heterocycles. The number of aliphatic hydroxyl groups excluding tert-OH is 2. The van der Waals surface area contributed by atoms with Crippen molar-refractivity contribution in [3.63, 3.8) is 0 Å². The normalized spacial score (nSPS) is 15.8. The minimum Gasteiger partial charge on any atom is -0.468 e. The molecule has 1 aliphatic rings. The topological polar surface area (TPSA) is 78.8 Å². The van der Waals surface area contributed by atoms with Crippen molar-refractivity contribution in [2.45, 2.75) is 17.7 Å². The van der Waals surface area contributed by atoms with Gasteiger partial charge in [0.25, 0.3) is 0 Å². The molecule has 0 saturated heterocycles. The third-order valence-corrected chi connectivity index (χ3v) is 5.56. The number of methoxy groups -OCH3 is 1. The van der Waals surface area contributed by atoms with Gasteiger partial charge in [0.1, 0.15) is 12.1 Å². The second-order valence-electron chi connectivity index (χ2n) is 7.10. The van der Waals surface area contributed by atoms with Crippen molar-refractivity contribution < 1.29 is 19.7 Å². The summed E-state index contributed by atoms with van der Waals surface area (Å²) in [5.74, 6) is -0.635. The van der Waals surface area contributed by atoms with Gasteiger partial charge in [-0.1, -0.05) is 78.9 Å². The zero-order valence-electron chi connectivity index (χ0n) is 16.1. The monoisotopic (exact) mass is 389 g/mol. The van der Waals surface area contributed by atoms with E-state index < -0.39 is 30.3 Å². The lowest BCUT2D eigenvalue weighted by molar-refractivity contribution is -0.147. The van der Waals surface area contributed by atoms with Gasteiger partial charge in [-0.05, 0) is 27.8 Å². The Morgan fingerprint density at radius 2 is 1.45 bits per heavy atom. The Morgan fingerprint density at radius 3 is 1.97 bits per heavy atom. The molecule has 0 heterocycles. The van der Waals surface area contributed by atoms with Crippen molar-refractivity contribution in [1.29, 1.82) is 0 Å². The molecule has 29 heavy (non-hydrogen) atoms. The number of aliphatic hydroxyl groups is 2. The van der Waals surface area contributed by atoms with E-state index in [9.17, 15) is 15.0 Å². The third kappa shape index (κ3) is 3.04. The van der Waals surface area contributed by atoms with Crippen LogP contribution in [0.3, 0.4) is 0 Å². The van der Waals surface area contributed by atoms with Gasteiger partial charge in [0.05, 0.1) is 19.3 Å². The van der Waals surface area contributed by atoms with Crippen LogP contribution in [0.5, 0.6) is 0 Å². The van der Waals surface area contributed by atoms with Crippen molar-refractivity contribution in [2.75, 3.05) is 13.7 Å². The van der Waals surface area contributed by atoms with Gasteiger partial charge in [-0.15, -0.1) is 0 Å². The zero-order valence-corrected chi connectivity index (χ0v) is 16.1. The van der Waals surface area contributed by atoms with Crippen molar-refractivity contribution in [1.82, 2.24) is 5.32 Å². The molecule has 3 aromatic rings. The molecule has 3 N–H and O–H groups in total. The summed E-state index contributed by atoms with van der Waals surface area (Å²) < 4.78 is 4.93. The van der Waals surface area contributed by atoms with Crippen LogP contribution in [0.15, 0.2) is 78.9 Å². The molecule has 0 amide bonds. The highest BCUT2D eigenvalue weighted by Gasteiger charge is 2.47. The van der Waals surface area contributed by atoms with E-state index >= 15 is 0 Å². The third-order valence-electron chi connectivity index (χ3n) is 5.56. The predicted molar refractivity (Wildman–Crippen MR) is 110 cm³/mol. The number of esters is 1. The van der Waals surface area contributed by atoms with E-state index in [-0.39, 0.29) is 0 Å². The van der Waals surface area contributed by atoms with E-state index in [1.807, 2.05) is 66.7 Å². The summed E-state index contributed by atoms with van der Waals surface area (Å²) in [5.41, 5.74) is 4.11. The molecule has 148 valence electrons. The second kappa shape index (κ2) is 7.79. The molecule has 5 nitrogen and oxygen atoms in total. The molecule has 0 bridgehead atoms. The highest BCUT2D eigenvalue weighted by Crippen LogP contribution is 2.51. The SMILES string of the molecule is COC(=O)[C@@H](NC1(c2ccccc2)c2ccccc2-c2ccccc21)[C@H](O)CO. The Hall–Kier alpha value is -2.99. The minimum absolute atomic E-state index is 0.569. The van der Waals surface area contributed by atoms with Gasteiger partial charge in [-0.25, -0.2) is 0 Å². The lowest BCUT2D eigenvalue weighted by atomic mass is 9.79. The van der Waals surface area contributed by atoms with Crippen molar-refractivity contribution in [3.05, 3.63) is 95.6 Å². The number of hydrogen-bond donors (Lipinski definition) is 3. The van der Waals surface area contributed by atoms with Crippen LogP contribution in [0.4, 0.5) is 0 Å². The van der Waals surface area contributed by atoms with Crippen LogP contribution >= 0.6 is 0 Å². The second-order valence-corrected chi connectivity index (χ2v) is 7.10. The van der Waals surface area contributed by atoms with Crippen LogP contribution in [0.25, 0.3) is 11.1 Å². The first-order chi connectivity index (χ1) is 14.1. The van der Waals surface area contributed by atoms with E-state index in [1.165, 1.54) is 7.11 Å². The molecule has 1 aliphatic carbocycles. The predicted octanol–water partition coefficient (Wildman–Crippen LogP) is 2.44. The zero-order chi connectivity index (χ0) is 20.4. The highest BCUT2D eigenvalue weighted by atomic mass is 16.5. The van der Waals surface area contributed by atoms with E-state index in [0.717, 1.165) is 27.8 Å². The summed E-state index contributed by atoms with van der Waals surface area (Å²) in [6.45, 7) is -0.569. The molecule has 0 fully saturated rings. The summed E-state index contributed by atoms with van der Waals surface area (Å²) in [7, 11) is 1.27. The molecule has 4 rings (SSSR count). The van der Waals surface area contributed by atoms with Gasteiger partial charge in [-0.3, -0.25) is 10.1 Å². The van der Waals surface area contributed by atoms with Crippen LogP contribution in [0.1, 0.15) is 16.7 Å². The standard InChI is InChI=1S/C24H23NO4/c1-29-23(28)22(21(27)15-26)25-24(16-9-3-2-4-10-16)19-13-7-5-11-17(19)18-12-6-8-14-20(18)24/h2-14,21-22,25-27H,15H2,1H3/t21-,22+/m1/s1. The van der Waals surface area contributed by atoms with Crippen LogP contribution in [0.2, 0.25) is 0 Å². The Morgan fingerprint density at radius 1 is 0.931 bits per heavy atom. The molecule has 0 radical (unpaired) electrons. The van der Waals surface area contributed by atoms with Crippen molar-refractivity contribution >= 4 is 5.97 Å². The number of fused-ring (bicyclic) bond motifs is 3. The summed E-state index contributed by atoms with van der Waals surface area (Å²) in [5, 5.41) is 23.4. The number of benzene rings is 3. The molecular formula is C24H23NO4. The minimum atomic E-state index is -1.32. The molecular weight excluding hydrogens is 366 g/mol. The number of carbonyl (C=O) groups excluding carboxylic acids is 1. The fourth-order valence-electron chi connectivity index (χ4n) is 4.25. The van der Waals surface area contributed by atoms with E-state index in [2.05, 4.69) is 17.4 Å². The molecule has 2 atom stereocenters. The van der Waals surface area contributed by atoms with Crippen molar-refractivity contribution in [2.24, 2.45) is 0 Å². The van der Waals surface area contributed by atoms with Gasteiger partial charge in [0.2, 0.25) is 0 Å². The van der Waals surface area contributed by atoms with E-state index in [0.29, 0.717) is 0 Å². The Bertz CT molecular complexity index is 973. The van der Waals surface area contributed by atoms with Gasteiger partial charge >= 0.3 is 5.97 Å². The Labute approximate surface area is 169 Å². The van der Waals surface area contributed by atoms with Crippen molar-refractivity contribution in [3.8, 4) is 11.1 Å². The first kappa shape index (κ1) is 19.3. The highest BCUT2D eigenvalue weighted by molar-refractivity contribution is 5.84. The Kier molecular flexibility index (Phi) is 5.20. The fraction of sp³-hybridized carbons (Fsp3) is 0.208. The van der Waals surface area contributed by atoms with E-state index in [4.69, 9.17) is 4.74 Å². The number of carbonyl (C=O) groups is 1. The van der Waals surface area contributed by atoms with Gasteiger partial charge in [0, 0.05) is 0 Å². The summed E-state index contributed by atoms with van der Waals surface area (Å²) in [4.78, 5) is 12.5. The van der Waals surface area contributed by atoms with Crippen LogP contribution in [-0.4, -0.2) is 42.0 Å². The van der Waals surface area contributed by atoms with Crippen LogP contribution < -0.4 is 5.32 Å². The quantitative estimate of drug-likeness (QED) is 0.565. The first-order valence-corrected chi connectivity index (χ1v) is 9.53. The molecule has 0 spiro atoms. The maximum absolute atomic E-state index is 12.5.